The van der Waals surface area contributed by atoms with Gasteiger partial charge in [-0.2, -0.15) is 11.8 Å². The number of thioether (sulfide) groups is 1. The van der Waals surface area contributed by atoms with Crippen molar-refractivity contribution >= 4 is 17.7 Å². The van der Waals surface area contributed by atoms with Crippen LogP contribution in [0.4, 0.5) is 5.95 Å². The molecule has 1 saturated heterocycles. The number of anilines is 1. The normalized spacial score (nSPS) is 19.7. The van der Waals surface area contributed by atoms with Gasteiger partial charge in [0.25, 0.3) is 0 Å². The molecule has 0 spiro atoms. The zero-order valence-corrected chi connectivity index (χ0v) is 12.1. The summed E-state index contributed by atoms with van der Waals surface area (Å²) in [5.41, 5.74) is 1.68. The molecule has 0 aliphatic carbocycles. The summed E-state index contributed by atoms with van der Waals surface area (Å²) >= 11 is 2.01. The molecule has 2 rings (SSSR count). The van der Waals surface area contributed by atoms with Crippen LogP contribution in [0.15, 0.2) is 6.20 Å². The van der Waals surface area contributed by atoms with Gasteiger partial charge in [-0.05, 0) is 13.3 Å². The predicted molar refractivity (Wildman–Crippen MR) is 76.1 cm³/mol. The Morgan fingerprint density at radius 2 is 2.22 bits per heavy atom. The fraction of sp³-hybridized carbons (Fsp3) is 0.692. The lowest BCUT2D eigenvalue weighted by Crippen LogP contribution is -2.29. The number of aryl methyl sites for hydroxylation is 1. The van der Waals surface area contributed by atoms with Gasteiger partial charge in [0, 0.05) is 41.0 Å². The molecule has 4 nitrogen and oxygen atoms in total. The predicted octanol–water partition coefficient (Wildman–Crippen LogP) is 2.00. The van der Waals surface area contributed by atoms with Crippen molar-refractivity contribution in [2.24, 2.45) is 0 Å². The molecule has 0 radical (unpaired) electrons. The molecule has 1 N–H and O–H groups in total. The lowest BCUT2D eigenvalue weighted by molar-refractivity contribution is 0.280. The maximum absolute atomic E-state index is 9.14. The Morgan fingerprint density at radius 1 is 1.44 bits per heavy atom. The second kappa shape index (κ2) is 5.45. The Labute approximate surface area is 113 Å². The topological polar surface area (TPSA) is 49.2 Å². The number of nitrogens with zero attached hydrogens (tertiary/aromatic N) is 3. The maximum Gasteiger partial charge on any atom is 0.225 e. The van der Waals surface area contributed by atoms with Gasteiger partial charge < -0.3 is 10.0 Å². The van der Waals surface area contributed by atoms with Crippen molar-refractivity contribution < 1.29 is 5.11 Å². The van der Waals surface area contributed by atoms with Crippen LogP contribution in [-0.4, -0.2) is 38.7 Å². The van der Waals surface area contributed by atoms with Crippen LogP contribution in [0, 0.1) is 6.92 Å². The third-order valence-corrected chi connectivity index (χ3v) is 4.73. The zero-order valence-electron chi connectivity index (χ0n) is 11.3. The van der Waals surface area contributed by atoms with E-state index in [1.54, 1.807) is 6.20 Å². The second-order valence-electron chi connectivity index (χ2n) is 5.28. The van der Waals surface area contributed by atoms with E-state index in [2.05, 4.69) is 28.7 Å². The van der Waals surface area contributed by atoms with Gasteiger partial charge in [0.15, 0.2) is 0 Å². The van der Waals surface area contributed by atoms with Gasteiger partial charge in [-0.3, -0.25) is 0 Å². The summed E-state index contributed by atoms with van der Waals surface area (Å²) in [5.74, 6) is 1.90. The molecule has 5 heteroatoms. The third-order valence-electron chi connectivity index (χ3n) is 3.36. The summed E-state index contributed by atoms with van der Waals surface area (Å²) in [4.78, 5) is 11.1. The van der Waals surface area contributed by atoms with Crippen molar-refractivity contribution in [2.75, 3.05) is 23.7 Å². The van der Waals surface area contributed by atoms with E-state index >= 15 is 0 Å². The molecule has 0 unspecified atom stereocenters. The van der Waals surface area contributed by atoms with Crippen LogP contribution in [-0.2, 0) is 6.61 Å². The number of aliphatic hydroxyl groups is 1. The first kappa shape index (κ1) is 13.6. The van der Waals surface area contributed by atoms with Crippen LogP contribution in [0.1, 0.15) is 31.5 Å². The molecule has 0 amide bonds. The van der Waals surface area contributed by atoms with Gasteiger partial charge >= 0.3 is 0 Å². The molecule has 2 heterocycles. The average Bonchev–Trinajstić information content (AvgIpc) is 2.50. The molecule has 1 aliphatic rings. The maximum atomic E-state index is 9.14. The molecule has 0 aromatic carbocycles. The quantitative estimate of drug-likeness (QED) is 0.888. The smallest absolute Gasteiger partial charge is 0.225 e. The van der Waals surface area contributed by atoms with Gasteiger partial charge in [0.1, 0.15) is 0 Å². The molecule has 0 saturated carbocycles. The molecule has 1 fully saturated rings. The lowest BCUT2D eigenvalue weighted by atomic mass is 10.1. The molecular weight excluding hydrogens is 246 g/mol. The fourth-order valence-corrected chi connectivity index (χ4v) is 3.11. The van der Waals surface area contributed by atoms with E-state index in [0.29, 0.717) is 4.75 Å². The van der Waals surface area contributed by atoms with Gasteiger partial charge in [-0.25, -0.2) is 9.97 Å². The molecule has 1 aromatic heterocycles. The van der Waals surface area contributed by atoms with Crippen LogP contribution in [0.3, 0.4) is 0 Å². The summed E-state index contributed by atoms with van der Waals surface area (Å²) in [5, 5.41) is 9.14. The standard InChI is InChI=1S/C13H21N3OS/c1-10-11(9-17)8-14-12(15-10)16-5-4-13(2,3)18-7-6-16/h8,17H,4-7,9H2,1-3H3. The van der Waals surface area contributed by atoms with Crippen molar-refractivity contribution in [1.29, 1.82) is 0 Å². The van der Waals surface area contributed by atoms with Crippen molar-refractivity contribution in [1.82, 2.24) is 9.97 Å². The lowest BCUT2D eigenvalue weighted by Gasteiger charge is -2.23. The fourth-order valence-electron chi connectivity index (χ4n) is 2.01. The molecule has 1 aliphatic heterocycles. The Kier molecular flexibility index (Phi) is 4.12. The molecular formula is C13H21N3OS. The molecule has 100 valence electrons. The van der Waals surface area contributed by atoms with Crippen LogP contribution >= 0.6 is 11.8 Å². The largest absolute Gasteiger partial charge is 0.392 e. The first-order valence-electron chi connectivity index (χ1n) is 6.34. The van der Waals surface area contributed by atoms with E-state index in [-0.39, 0.29) is 6.61 Å². The Morgan fingerprint density at radius 3 is 2.89 bits per heavy atom. The number of aliphatic hydroxyl groups excluding tert-OH is 1. The van der Waals surface area contributed by atoms with E-state index in [1.807, 2.05) is 18.7 Å². The third kappa shape index (κ3) is 3.14. The number of aromatic nitrogens is 2. The van der Waals surface area contributed by atoms with Gasteiger partial charge in [0.05, 0.1) is 6.61 Å². The van der Waals surface area contributed by atoms with E-state index in [9.17, 15) is 0 Å². The van der Waals surface area contributed by atoms with Crippen molar-refractivity contribution in [3.63, 3.8) is 0 Å². The first-order chi connectivity index (χ1) is 8.52. The monoisotopic (exact) mass is 267 g/mol. The van der Waals surface area contributed by atoms with Gasteiger partial charge in [-0.15, -0.1) is 0 Å². The second-order valence-corrected chi connectivity index (χ2v) is 7.09. The highest BCUT2D eigenvalue weighted by atomic mass is 32.2. The van der Waals surface area contributed by atoms with E-state index in [0.717, 1.165) is 42.5 Å². The summed E-state index contributed by atoms with van der Waals surface area (Å²) in [7, 11) is 0. The SMILES string of the molecule is Cc1nc(N2CCSC(C)(C)CC2)ncc1CO. The Bertz CT molecular complexity index is 423. The first-order valence-corrected chi connectivity index (χ1v) is 7.33. The van der Waals surface area contributed by atoms with E-state index in [4.69, 9.17) is 5.11 Å². The van der Waals surface area contributed by atoms with Crippen LogP contribution in [0.5, 0.6) is 0 Å². The zero-order chi connectivity index (χ0) is 13.2. The Balaban J connectivity index is 2.14. The molecule has 18 heavy (non-hydrogen) atoms. The minimum atomic E-state index is 0.00892. The highest BCUT2D eigenvalue weighted by Gasteiger charge is 2.24. The average molecular weight is 267 g/mol. The molecule has 1 aromatic rings. The summed E-state index contributed by atoms with van der Waals surface area (Å²) in [6, 6.07) is 0. The number of hydrogen-bond donors (Lipinski definition) is 1. The van der Waals surface area contributed by atoms with Crippen molar-refractivity contribution in [3.8, 4) is 0 Å². The molecule has 0 bridgehead atoms. The summed E-state index contributed by atoms with van der Waals surface area (Å²) < 4.78 is 0.342. The minimum absolute atomic E-state index is 0.00892. The van der Waals surface area contributed by atoms with Crippen molar-refractivity contribution in [2.45, 2.75) is 38.5 Å². The highest BCUT2D eigenvalue weighted by Crippen LogP contribution is 2.31. The number of hydrogen-bond acceptors (Lipinski definition) is 5. The van der Waals surface area contributed by atoms with Crippen molar-refractivity contribution in [3.05, 3.63) is 17.5 Å². The van der Waals surface area contributed by atoms with Crippen LogP contribution in [0.2, 0.25) is 0 Å². The van der Waals surface area contributed by atoms with E-state index in [1.165, 1.54) is 0 Å². The Hall–Kier alpha value is -0.810. The van der Waals surface area contributed by atoms with Gasteiger partial charge in [-0.1, -0.05) is 13.8 Å². The van der Waals surface area contributed by atoms with Gasteiger partial charge in [0.2, 0.25) is 5.95 Å². The van der Waals surface area contributed by atoms with E-state index < -0.39 is 0 Å². The minimum Gasteiger partial charge on any atom is -0.392 e. The molecule has 0 atom stereocenters. The summed E-state index contributed by atoms with van der Waals surface area (Å²) in [6.45, 7) is 8.51. The van der Waals surface area contributed by atoms with Crippen LogP contribution in [0.25, 0.3) is 0 Å². The highest BCUT2D eigenvalue weighted by molar-refractivity contribution is 8.00. The summed E-state index contributed by atoms with van der Waals surface area (Å²) in [6.07, 6.45) is 2.88. The van der Waals surface area contributed by atoms with Crippen LogP contribution < -0.4 is 4.90 Å². The number of rotatable bonds is 2.